The van der Waals surface area contributed by atoms with Crippen LogP contribution in [0.5, 0.6) is 0 Å². The normalized spacial score (nSPS) is 14.9. The molecule has 212 valence electrons. The Morgan fingerprint density at radius 1 is 1.05 bits per heavy atom. The van der Waals surface area contributed by atoms with Crippen LogP contribution in [0.1, 0.15) is 22.1 Å². The molecule has 1 aliphatic heterocycles. The molecule has 1 N–H and O–H groups in total. The highest BCUT2D eigenvalue weighted by atomic mass is 35.5. The van der Waals surface area contributed by atoms with E-state index >= 15 is 4.39 Å². The van der Waals surface area contributed by atoms with Crippen LogP contribution >= 0.6 is 23.4 Å². The Balaban J connectivity index is 1.56. The second kappa shape index (κ2) is 11.8. The van der Waals surface area contributed by atoms with Crippen LogP contribution in [0.3, 0.4) is 0 Å². The topological polar surface area (TPSA) is 80.4 Å². The van der Waals surface area contributed by atoms with Crippen molar-refractivity contribution in [1.82, 2.24) is 15.1 Å². The van der Waals surface area contributed by atoms with Crippen molar-refractivity contribution in [3.8, 4) is 16.9 Å². The zero-order valence-corrected chi connectivity index (χ0v) is 23.5. The lowest BCUT2D eigenvalue weighted by Crippen LogP contribution is -2.42. The lowest BCUT2D eigenvalue weighted by Gasteiger charge is -2.23. The lowest BCUT2D eigenvalue weighted by atomic mass is 9.99. The quantitative estimate of drug-likeness (QED) is 0.228. The average molecular weight is 605 g/mol. The van der Waals surface area contributed by atoms with Gasteiger partial charge in [0.25, 0.3) is 0 Å². The van der Waals surface area contributed by atoms with E-state index in [4.69, 9.17) is 21.1 Å². The molecule has 5 aromatic rings. The van der Waals surface area contributed by atoms with Gasteiger partial charge in [-0.1, -0.05) is 60.1 Å². The average Bonchev–Trinajstić information content (AvgIpc) is 3.62. The summed E-state index contributed by atoms with van der Waals surface area (Å²) in [6.45, 7) is -0.200. The van der Waals surface area contributed by atoms with Crippen molar-refractivity contribution in [2.75, 3.05) is 17.2 Å². The second-order valence-corrected chi connectivity index (χ2v) is 11.0. The van der Waals surface area contributed by atoms with Crippen molar-refractivity contribution < 1.29 is 22.8 Å². The van der Waals surface area contributed by atoms with Crippen molar-refractivity contribution in [2.45, 2.75) is 11.8 Å². The summed E-state index contributed by atoms with van der Waals surface area (Å²) in [6, 6.07) is 23.1. The molecule has 2 aromatic heterocycles. The molecule has 3 aromatic carbocycles. The Morgan fingerprint density at radius 3 is 2.57 bits per heavy atom. The Bertz CT molecular complexity index is 1760. The third kappa shape index (κ3) is 5.43. The maximum atomic E-state index is 15.4. The monoisotopic (exact) mass is 604 g/mol. The molecule has 0 fully saturated rings. The molecule has 0 saturated carbocycles. The van der Waals surface area contributed by atoms with Crippen molar-refractivity contribution in [3.63, 3.8) is 0 Å². The van der Waals surface area contributed by atoms with Crippen molar-refractivity contribution >= 4 is 41.0 Å². The summed E-state index contributed by atoms with van der Waals surface area (Å²) in [5, 5.41) is 7.30. The first kappa shape index (κ1) is 27.7. The number of rotatable bonds is 7. The van der Waals surface area contributed by atoms with Gasteiger partial charge in [-0.3, -0.25) is 14.5 Å². The van der Waals surface area contributed by atoms with E-state index in [2.05, 4.69) is 5.32 Å². The molecule has 1 aliphatic rings. The van der Waals surface area contributed by atoms with Crippen LogP contribution in [0.4, 0.5) is 14.6 Å². The zero-order chi connectivity index (χ0) is 29.2. The number of benzene rings is 3. The van der Waals surface area contributed by atoms with Gasteiger partial charge in [-0.05, 0) is 30.3 Å². The number of carbonyl (C=O) groups excluding carboxylic acids is 2. The predicted octanol–water partition coefficient (Wildman–Crippen LogP) is 6.55. The number of hydrogen-bond acceptors (Lipinski definition) is 5. The van der Waals surface area contributed by atoms with Gasteiger partial charge in [-0.2, -0.15) is 5.10 Å². The number of fused-ring (bicyclic) bond motifs is 1. The van der Waals surface area contributed by atoms with Gasteiger partial charge in [-0.25, -0.2) is 13.5 Å². The summed E-state index contributed by atoms with van der Waals surface area (Å²) in [7, 11) is 0. The van der Waals surface area contributed by atoms with E-state index < -0.39 is 22.8 Å². The molecule has 3 heterocycles. The van der Waals surface area contributed by atoms with E-state index in [9.17, 15) is 14.0 Å². The van der Waals surface area contributed by atoms with Crippen LogP contribution in [0, 0.1) is 11.6 Å². The molecule has 0 spiro atoms. The summed E-state index contributed by atoms with van der Waals surface area (Å²) < 4.78 is 36.1. The van der Waals surface area contributed by atoms with Crippen molar-refractivity contribution in [1.29, 1.82) is 0 Å². The number of amides is 2. The fraction of sp³-hybridized carbons (Fsp3) is 0.129. The van der Waals surface area contributed by atoms with Crippen LogP contribution in [0.15, 0.2) is 95.6 Å². The molecule has 7 nitrogen and oxygen atoms in total. The fourth-order valence-corrected chi connectivity index (χ4v) is 6.31. The maximum absolute atomic E-state index is 15.4. The molecule has 1 atom stereocenters. The van der Waals surface area contributed by atoms with Crippen molar-refractivity contribution in [2.24, 2.45) is 0 Å². The first-order chi connectivity index (χ1) is 20.4. The van der Waals surface area contributed by atoms with Crippen LogP contribution in [0.25, 0.3) is 16.9 Å². The number of anilines is 1. The number of nitrogens with one attached hydrogen (secondary N) is 1. The van der Waals surface area contributed by atoms with Gasteiger partial charge in [0.05, 0.1) is 40.2 Å². The number of furan rings is 1. The molecule has 0 aliphatic carbocycles. The molecular weight excluding hydrogens is 582 g/mol. The highest BCUT2D eigenvalue weighted by Crippen LogP contribution is 2.49. The number of thioether (sulfide) groups is 1. The van der Waals surface area contributed by atoms with Gasteiger partial charge in [0.1, 0.15) is 29.8 Å². The van der Waals surface area contributed by atoms with Crippen LogP contribution in [-0.4, -0.2) is 33.9 Å². The Labute approximate surface area is 249 Å². The minimum Gasteiger partial charge on any atom is -0.467 e. The summed E-state index contributed by atoms with van der Waals surface area (Å²) in [5.41, 5.74) is 2.35. The summed E-state index contributed by atoms with van der Waals surface area (Å²) in [4.78, 5) is 28.3. The van der Waals surface area contributed by atoms with Crippen LogP contribution < -0.4 is 10.2 Å². The minimum atomic E-state index is -0.757. The fourth-order valence-electron chi connectivity index (χ4n) is 4.88. The zero-order valence-electron chi connectivity index (χ0n) is 22.0. The molecule has 6 rings (SSSR count). The number of nitrogens with zero attached hydrogens (tertiary/aromatic N) is 3. The molecule has 0 bridgehead atoms. The molecule has 11 heteroatoms. The third-order valence-corrected chi connectivity index (χ3v) is 8.36. The number of halogens is 3. The van der Waals surface area contributed by atoms with Gasteiger partial charge in [0.2, 0.25) is 11.8 Å². The van der Waals surface area contributed by atoms with Gasteiger partial charge in [0, 0.05) is 22.8 Å². The highest BCUT2D eigenvalue weighted by molar-refractivity contribution is 8.00. The molecule has 0 radical (unpaired) electrons. The highest BCUT2D eigenvalue weighted by Gasteiger charge is 2.38. The summed E-state index contributed by atoms with van der Waals surface area (Å²) >= 11 is 7.81. The number of para-hydroxylation sites is 1. The predicted molar refractivity (Wildman–Crippen MR) is 158 cm³/mol. The van der Waals surface area contributed by atoms with E-state index in [1.54, 1.807) is 36.4 Å². The largest absolute Gasteiger partial charge is 0.467 e. The molecule has 42 heavy (non-hydrogen) atoms. The lowest BCUT2D eigenvalue weighted by molar-refractivity contribution is -0.123. The number of hydrogen-bond donors (Lipinski definition) is 1. The first-order valence-electron chi connectivity index (χ1n) is 13.0. The molecule has 0 saturated heterocycles. The van der Waals surface area contributed by atoms with Crippen molar-refractivity contribution in [3.05, 3.63) is 125 Å². The molecule has 0 unspecified atom stereocenters. The number of aromatic nitrogens is 2. The van der Waals surface area contributed by atoms with E-state index in [0.29, 0.717) is 33.3 Å². The third-order valence-electron chi connectivity index (χ3n) is 6.80. The van der Waals surface area contributed by atoms with Crippen LogP contribution in [-0.2, 0) is 16.1 Å². The SMILES string of the molecule is O=C(CN1C(=O)CS[C@@H](c2ccc(F)cc2F)c2c(-c3ccccc3)nn(-c3ccccc3Cl)c21)NCc1ccco1. The van der Waals surface area contributed by atoms with E-state index in [0.717, 1.165) is 6.07 Å². The van der Waals surface area contributed by atoms with E-state index in [1.165, 1.54) is 39.7 Å². The maximum Gasteiger partial charge on any atom is 0.240 e. The molecular formula is C31H23ClF2N4O3S. The van der Waals surface area contributed by atoms with Gasteiger partial charge >= 0.3 is 0 Å². The Morgan fingerprint density at radius 2 is 1.83 bits per heavy atom. The van der Waals surface area contributed by atoms with Gasteiger partial charge < -0.3 is 9.73 Å². The Hall–Kier alpha value is -4.41. The number of carbonyl (C=O) groups is 2. The smallest absolute Gasteiger partial charge is 0.240 e. The molecule has 2 amide bonds. The standard InChI is InChI=1S/C31H23ClF2N4O3S/c32-23-10-4-5-11-25(23)38-31-28(29(36-38)19-7-2-1-3-8-19)30(22-13-12-20(33)15-24(22)34)42-18-27(40)37(31)17-26(39)35-16-21-9-6-14-41-21/h1-15,30H,16-18H2,(H,35,39)/t30-/m0/s1. The van der Waals surface area contributed by atoms with Gasteiger partial charge in [-0.15, -0.1) is 11.8 Å². The van der Waals surface area contributed by atoms with E-state index in [-0.39, 0.29) is 36.1 Å². The first-order valence-corrected chi connectivity index (χ1v) is 14.4. The van der Waals surface area contributed by atoms with Crippen LogP contribution in [0.2, 0.25) is 5.02 Å². The summed E-state index contributed by atoms with van der Waals surface area (Å²) in [5.74, 6) is -1.52. The van der Waals surface area contributed by atoms with Gasteiger partial charge in [0.15, 0.2) is 0 Å². The van der Waals surface area contributed by atoms with E-state index in [1.807, 2.05) is 30.3 Å². The Kier molecular flexibility index (Phi) is 7.82. The summed E-state index contributed by atoms with van der Waals surface area (Å²) in [6.07, 6.45) is 1.51. The second-order valence-electron chi connectivity index (χ2n) is 9.51. The minimum absolute atomic E-state index is 0.0711.